The van der Waals surface area contributed by atoms with Crippen LogP contribution in [-0.2, 0) is 19.4 Å². The number of hydrogen-bond donors (Lipinski definition) is 2. The molecule has 2 N–H and O–H groups in total. The van der Waals surface area contributed by atoms with E-state index in [1.54, 1.807) is 0 Å². The van der Waals surface area contributed by atoms with E-state index < -0.39 is 0 Å². The smallest absolute Gasteiger partial charge is 0.257 e. The predicted octanol–water partition coefficient (Wildman–Crippen LogP) is 2.71. The van der Waals surface area contributed by atoms with Crippen molar-refractivity contribution in [3.8, 4) is 0 Å². The molecule has 6 nitrogen and oxygen atoms in total. The number of carbonyl (C=O) groups excluding carboxylic acids is 1. The normalized spacial score (nSPS) is 18.3. The number of anilines is 1. The number of fused-ring (bicyclic) bond motifs is 1. The van der Waals surface area contributed by atoms with Gasteiger partial charge in [-0.05, 0) is 68.1 Å². The number of piperidine rings is 1. The molecule has 2 aromatic rings. The van der Waals surface area contributed by atoms with Gasteiger partial charge in [-0.25, -0.2) is 0 Å². The Balaban J connectivity index is 1.31. The van der Waals surface area contributed by atoms with Crippen LogP contribution in [-0.4, -0.2) is 47.2 Å². The first-order valence-electron chi connectivity index (χ1n) is 9.86. The fourth-order valence-electron chi connectivity index (χ4n) is 3.73. The molecule has 0 unspecified atom stereocenters. The number of nitrogens with one attached hydrogen (secondary N) is 2. The topological polar surface area (TPSA) is 70.2 Å². The minimum Gasteiger partial charge on any atom is -0.312 e. The van der Waals surface area contributed by atoms with Gasteiger partial charge in [0.15, 0.2) is 0 Å². The highest BCUT2D eigenvalue weighted by Crippen LogP contribution is 2.21. The van der Waals surface area contributed by atoms with Crippen LogP contribution in [0.4, 0.5) is 5.13 Å². The van der Waals surface area contributed by atoms with Crippen molar-refractivity contribution in [1.29, 1.82) is 0 Å². The molecular formula is C20H27N5OS. The molecule has 0 saturated carbocycles. The summed E-state index contributed by atoms with van der Waals surface area (Å²) in [6.07, 6.45) is 4.44. The van der Waals surface area contributed by atoms with Crippen LogP contribution in [0.15, 0.2) is 18.2 Å². The SMILES string of the molecule is CC1CCN(CCc2nnc(NC(=O)c3ccc4c(c3)CCNC4)s2)CC1. The lowest BCUT2D eigenvalue weighted by atomic mass is 9.98. The maximum Gasteiger partial charge on any atom is 0.257 e. The zero-order valence-electron chi connectivity index (χ0n) is 15.8. The summed E-state index contributed by atoms with van der Waals surface area (Å²) in [7, 11) is 0. The number of benzene rings is 1. The Hall–Kier alpha value is -1.83. The van der Waals surface area contributed by atoms with E-state index in [0.717, 1.165) is 43.4 Å². The van der Waals surface area contributed by atoms with Gasteiger partial charge in [0.05, 0.1) is 0 Å². The Morgan fingerprint density at radius 1 is 1.30 bits per heavy atom. The number of amides is 1. The monoisotopic (exact) mass is 385 g/mol. The third-order valence-electron chi connectivity index (χ3n) is 5.56. The third kappa shape index (κ3) is 4.72. The number of hydrogen-bond acceptors (Lipinski definition) is 6. The van der Waals surface area contributed by atoms with Gasteiger partial charge in [0, 0.05) is 25.1 Å². The molecular weight excluding hydrogens is 358 g/mol. The molecule has 3 heterocycles. The average Bonchev–Trinajstić information content (AvgIpc) is 3.14. The average molecular weight is 386 g/mol. The lowest BCUT2D eigenvalue weighted by Crippen LogP contribution is -2.34. The van der Waals surface area contributed by atoms with Crippen LogP contribution in [0, 0.1) is 5.92 Å². The lowest BCUT2D eigenvalue weighted by Gasteiger charge is -2.29. The fraction of sp³-hybridized carbons (Fsp3) is 0.550. The van der Waals surface area contributed by atoms with E-state index in [0.29, 0.717) is 10.7 Å². The van der Waals surface area contributed by atoms with Gasteiger partial charge < -0.3 is 10.2 Å². The maximum atomic E-state index is 12.5. The molecule has 0 bridgehead atoms. The first-order chi connectivity index (χ1) is 13.2. The molecule has 7 heteroatoms. The first-order valence-corrected chi connectivity index (χ1v) is 10.7. The van der Waals surface area contributed by atoms with Crippen LogP contribution in [0.2, 0.25) is 0 Å². The molecule has 144 valence electrons. The van der Waals surface area contributed by atoms with E-state index in [9.17, 15) is 4.79 Å². The first kappa shape index (κ1) is 18.5. The van der Waals surface area contributed by atoms with Gasteiger partial charge >= 0.3 is 0 Å². The molecule has 0 radical (unpaired) electrons. The van der Waals surface area contributed by atoms with Crippen molar-refractivity contribution in [3.05, 3.63) is 39.9 Å². The van der Waals surface area contributed by atoms with Gasteiger partial charge in [-0.2, -0.15) is 0 Å². The molecule has 27 heavy (non-hydrogen) atoms. The number of aromatic nitrogens is 2. The van der Waals surface area contributed by atoms with Crippen molar-refractivity contribution in [1.82, 2.24) is 20.4 Å². The van der Waals surface area contributed by atoms with Crippen molar-refractivity contribution < 1.29 is 4.79 Å². The molecule has 1 saturated heterocycles. The number of carbonyl (C=O) groups is 1. The summed E-state index contributed by atoms with van der Waals surface area (Å²) in [5.74, 6) is 0.744. The van der Waals surface area contributed by atoms with Crippen LogP contribution in [0.25, 0.3) is 0 Å². The Morgan fingerprint density at radius 3 is 3.00 bits per heavy atom. The molecule has 4 rings (SSSR count). The number of likely N-dealkylation sites (tertiary alicyclic amines) is 1. The van der Waals surface area contributed by atoms with E-state index in [4.69, 9.17) is 0 Å². The van der Waals surface area contributed by atoms with Crippen LogP contribution < -0.4 is 10.6 Å². The fourth-order valence-corrected chi connectivity index (χ4v) is 4.46. The molecule has 0 spiro atoms. The number of nitrogens with zero attached hydrogens (tertiary/aromatic N) is 3. The van der Waals surface area contributed by atoms with Gasteiger partial charge in [0.25, 0.3) is 5.91 Å². The Labute approximate surface area is 164 Å². The van der Waals surface area contributed by atoms with E-state index >= 15 is 0 Å². The molecule has 1 aromatic carbocycles. The molecule has 2 aliphatic heterocycles. The number of rotatable bonds is 5. The second-order valence-corrected chi connectivity index (χ2v) is 8.70. The zero-order chi connectivity index (χ0) is 18.6. The second kappa shape index (κ2) is 8.46. The minimum atomic E-state index is -0.107. The summed E-state index contributed by atoms with van der Waals surface area (Å²) in [5.41, 5.74) is 3.23. The van der Waals surface area contributed by atoms with Crippen LogP contribution >= 0.6 is 11.3 Å². The van der Waals surface area contributed by atoms with Gasteiger partial charge in [0.1, 0.15) is 5.01 Å². The van der Waals surface area contributed by atoms with E-state index in [1.807, 2.05) is 18.2 Å². The minimum absolute atomic E-state index is 0.107. The lowest BCUT2D eigenvalue weighted by molar-refractivity contribution is 0.102. The Morgan fingerprint density at radius 2 is 2.15 bits per heavy atom. The van der Waals surface area contributed by atoms with Crippen molar-refractivity contribution in [3.63, 3.8) is 0 Å². The molecule has 0 aliphatic carbocycles. The molecule has 1 amide bonds. The van der Waals surface area contributed by atoms with Crippen molar-refractivity contribution in [2.24, 2.45) is 5.92 Å². The largest absolute Gasteiger partial charge is 0.312 e. The molecule has 2 aliphatic rings. The van der Waals surface area contributed by atoms with Gasteiger partial charge in [-0.1, -0.05) is 24.3 Å². The molecule has 0 atom stereocenters. The molecule has 1 aromatic heterocycles. The maximum absolute atomic E-state index is 12.5. The zero-order valence-corrected chi connectivity index (χ0v) is 16.6. The van der Waals surface area contributed by atoms with Crippen LogP contribution in [0.5, 0.6) is 0 Å². The summed E-state index contributed by atoms with van der Waals surface area (Å²) >= 11 is 1.48. The quantitative estimate of drug-likeness (QED) is 0.828. The summed E-state index contributed by atoms with van der Waals surface area (Å²) in [5, 5.41) is 16.2. The van der Waals surface area contributed by atoms with E-state index in [2.05, 4.69) is 32.7 Å². The standard InChI is InChI=1S/C20H27N5OS/c1-14-5-9-25(10-6-14)11-7-18-23-24-20(27-18)22-19(26)16-2-3-17-13-21-8-4-15(17)12-16/h2-3,12,14,21H,4-11,13H2,1H3,(H,22,24,26). The van der Waals surface area contributed by atoms with Gasteiger partial charge in [0.2, 0.25) is 5.13 Å². The van der Waals surface area contributed by atoms with Gasteiger partial charge in [-0.3, -0.25) is 10.1 Å². The Bertz CT molecular complexity index is 797. The van der Waals surface area contributed by atoms with Crippen LogP contribution in [0.1, 0.15) is 46.3 Å². The predicted molar refractivity (Wildman–Crippen MR) is 108 cm³/mol. The van der Waals surface area contributed by atoms with Crippen molar-refractivity contribution >= 4 is 22.4 Å². The van der Waals surface area contributed by atoms with Crippen molar-refractivity contribution in [2.45, 2.75) is 39.2 Å². The summed E-state index contributed by atoms with van der Waals surface area (Å²) < 4.78 is 0. The van der Waals surface area contributed by atoms with E-state index in [1.165, 1.54) is 48.4 Å². The summed E-state index contributed by atoms with van der Waals surface area (Å²) in [6.45, 7) is 7.56. The third-order valence-corrected chi connectivity index (χ3v) is 6.46. The summed E-state index contributed by atoms with van der Waals surface area (Å²) in [4.78, 5) is 15.1. The van der Waals surface area contributed by atoms with Crippen molar-refractivity contribution in [2.75, 3.05) is 31.5 Å². The second-order valence-electron chi connectivity index (χ2n) is 7.64. The summed E-state index contributed by atoms with van der Waals surface area (Å²) in [6, 6.07) is 5.94. The highest BCUT2D eigenvalue weighted by atomic mass is 32.1. The molecule has 1 fully saturated rings. The van der Waals surface area contributed by atoms with E-state index in [-0.39, 0.29) is 5.91 Å². The van der Waals surface area contributed by atoms with Crippen LogP contribution in [0.3, 0.4) is 0 Å². The highest BCUT2D eigenvalue weighted by Gasteiger charge is 2.17. The highest BCUT2D eigenvalue weighted by molar-refractivity contribution is 7.15. The Kier molecular flexibility index (Phi) is 5.80. The van der Waals surface area contributed by atoms with Gasteiger partial charge in [-0.15, -0.1) is 10.2 Å².